The van der Waals surface area contributed by atoms with Crippen LogP contribution in [0.5, 0.6) is 17.4 Å². The van der Waals surface area contributed by atoms with Gasteiger partial charge in [-0.1, -0.05) is 42.5 Å². The van der Waals surface area contributed by atoms with Crippen molar-refractivity contribution >= 4 is 15.9 Å². The molecule has 1 aliphatic rings. The number of carbonyl (C=O) groups is 1. The summed E-state index contributed by atoms with van der Waals surface area (Å²) in [4.78, 5) is 18.0. The molecule has 0 bridgehead atoms. The van der Waals surface area contributed by atoms with Crippen molar-refractivity contribution in [1.82, 2.24) is 24.5 Å². The molecule has 1 N–H and O–H groups in total. The number of hydrogen-bond acceptors (Lipinski definition) is 9. The molecule has 2 heterocycles. The van der Waals surface area contributed by atoms with Gasteiger partial charge in [0.15, 0.2) is 5.82 Å². The summed E-state index contributed by atoms with van der Waals surface area (Å²) < 4.78 is 46.3. The molecular formula is C27H27N5O6S. The number of methoxy groups -OCH3 is 2. The maximum atomic E-state index is 13.4. The normalized spacial score (nSPS) is 13.4. The van der Waals surface area contributed by atoms with Gasteiger partial charge in [0, 0.05) is 6.07 Å². The number of para-hydroxylation sites is 1. The number of rotatable bonds is 10. The van der Waals surface area contributed by atoms with Crippen molar-refractivity contribution in [2.75, 3.05) is 14.2 Å². The third-order valence-electron chi connectivity index (χ3n) is 6.23. The number of carbonyl (C=O) groups excluding carboxylic acids is 1. The Morgan fingerprint density at radius 2 is 1.64 bits per heavy atom. The number of amides is 1. The molecule has 1 amide bonds. The molecule has 1 fully saturated rings. The Morgan fingerprint density at radius 3 is 2.28 bits per heavy atom. The zero-order valence-electron chi connectivity index (χ0n) is 21.4. The van der Waals surface area contributed by atoms with Crippen molar-refractivity contribution in [1.29, 1.82) is 0 Å². The number of benzene rings is 2. The Morgan fingerprint density at radius 1 is 0.949 bits per heavy atom. The van der Waals surface area contributed by atoms with E-state index in [9.17, 15) is 13.2 Å². The molecule has 0 saturated heterocycles. The van der Waals surface area contributed by atoms with Crippen molar-refractivity contribution in [3.8, 4) is 34.6 Å². The molecular weight excluding hydrogens is 522 g/mol. The van der Waals surface area contributed by atoms with Crippen LogP contribution in [-0.4, -0.2) is 54.4 Å². The fourth-order valence-corrected chi connectivity index (χ4v) is 5.22. The first-order chi connectivity index (χ1) is 18.9. The number of nitrogens with one attached hydrogen (secondary N) is 1. The summed E-state index contributed by atoms with van der Waals surface area (Å²) >= 11 is 0. The smallest absolute Gasteiger partial charge is 0.303 e. The molecule has 4 aromatic rings. The number of nitrogens with zero attached hydrogens (tertiary/aromatic N) is 4. The highest BCUT2D eigenvalue weighted by Gasteiger charge is 2.29. The van der Waals surface area contributed by atoms with Gasteiger partial charge in [-0.2, -0.15) is 0 Å². The van der Waals surface area contributed by atoms with Gasteiger partial charge < -0.3 is 14.2 Å². The summed E-state index contributed by atoms with van der Waals surface area (Å²) in [7, 11) is -1.12. The molecule has 2 aromatic carbocycles. The molecule has 1 aliphatic carbocycles. The van der Waals surface area contributed by atoms with Crippen LogP contribution in [-0.2, 0) is 15.8 Å². The predicted octanol–water partition coefficient (Wildman–Crippen LogP) is 3.54. The fourth-order valence-electron chi connectivity index (χ4n) is 4.14. The van der Waals surface area contributed by atoms with Crippen molar-refractivity contribution in [2.45, 2.75) is 31.1 Å². The molecule has 0 atom stereocenters. The SMILES string of the molecule is COc1cccc(OC)c1-n1c(C(=O)NS(=O)(=O)Cc2ccccc2)nnc1-c1cccc(OC2CCC2)n1. The first-order valence-corrected chi connectivity index (χ1v) is 13.9. The van der Waals surface area contributed by atoms with E-state index in [4.69, 9.17) is 14.2 Å². The summed E-state index contributed by atoms with van der Waals surface area (Å²) in [5.41, 5.74) is 1.19. The zero-order chi connectivity index (χ0) is 27.4. The largest absolute Gasteiger partial charge is 0.494 e. The van der Waals surface area contributed by atoms with E-state index in [1.54, 1.807) is 66.7 Å². The first-order valence-electron chi connectivity index (χ1n) is 12.3. The molecule has 1 saturated carbocycles. The maximum absolute atomic E-state index is 13.4. The minimum atomic E-state index is -4.06. The van der Waals surface area contributed by atoms with E-state index < -0.39 is 15.9 Å². The number of ether oxygens (including phenoxy) is 3. The highest BCUT2D eigenvalue weighted by atomic mass is 32.2. The Hall–Kier alpha value is -4.45. The van der Waals surface area contributed by atoms with Crippen LogP contribution in [0, 0.1) is 0 Å². The van der Waals surface area contributed by atoms with Crippen LogP contribution in [0.1, 0.15) is 35.4 Å². The summed E-state index contributed by atoms with van der Waals surface area (Å²) in [6.07, 6.45) is 3.14. The van der Waals surface area contributed by atoms with Crippen LogP contribution in [0.3, 0.4) is 0 Å². The third-order valence-corrected chi connectivity index (χ3v) is 7.44. The van der Waals surface area contributed by atoms with Gasteiger partial charge in [0.2, 0.25) is 21.7 Å². The zero-order valence-corrected chi connectivity index (χ0v) is 22.2. The van der Waals surface area contributed by atoms with Crippen molar-refractivity contribution in [3.63, 3.8) is 0 Å². The molecule has 2 aromatic heterocycles. The predicted molar refractivity (Wildman–Crippen MR) is 142 cm³/mol. The molecule has 0 radical (unpaired) electrons. The van der Waals surface area contributed by atoms with Crippen molar-refractivity contribution in [3.05, 3.63) is 78.1 Å². The van der Waals surface area contributed by atoms with Gasteiger partial charge in [0.25, 0.3) is 0 Å². The van der Waals surface area contributed by atoms with Crippen molar-refractivity contribution in [2.24, 2.45) is 0 Å². The summed E-state index contributed by atoms with van der Waals surface area (Å²) in [5.74, 6) is -0.383. The summed E-state index contributed by atoms with van der Waals surface area (Å²) in [6.45, 7) is 0. The first kappa shape index (κ1) is 26.2. The third kappa shape index (κ3) is 5.70. The Balaban J connectivity index is 1.58. The van der Waals surface area contributed by atoms with E-state index in [0.29, 0.717) is 34.3 Å². The Bertz CT molecular complexity index is 1560. The summed E-state index contributed by atoms with van der Waals surface area (Å²) in [5, 5.41) is 8.30. The highest BCUT2D eigenvalue weighted by molar-refractivity contribution is 7.89. The van der Waals surface area contributed by atoms with Gasteiger partial charge in [0.05, 0.1) is 20.0 Å². The molecule has 12 heteroatoms. The van der Waals surface area contributed by atoms with Crippen molar-refractivity contribution < 1.29 is 27.4 Å². The molecule has 11 nitrogen and oxygen atoms in total. The highest BCUT2D eigenvalue weighted by Crippen LogP contribution is 2.36. The van der Waals surface area contributed by atoms with Crippen LogP contribution < -0.4 is 18.9 Å². The van der Waals surface area contributed by atoms with E-state index in [-0.39, 0.29) is 23.5 Å². The minimum Gasteiger partial charge on any atom is -0.494 e. The fraction of sp³-hybridized carbons (Fsp3) is 0.259. The number of hydrogen-bond donors (Lipinski definition) is 1. The van der Waals surface area contributed by atoms with Crippen LogP contribution in [0.15, 0.2) is 66.7 Å². The molecule has 5 rings (SSSR count). The molecule has 202 valence electrons. The second-order valence-electron chi connectivity index (χ2n) is 8.90. The second-order valence-corrected chi connectivity index (χ2v) is 10.6. The molecule has 0 unspecified atom stereocenters. The molecule has 0 spiro atoms. The van der Waals surface area contributed by atoms with Gasteiger partial charge in [-0.25, -0.2) is 18.1 Å². The van der Waals surface area contributed by atoms with Crippen LogP contribution in [0.25, 0.3) is 17.2 Å². The summed E-state index contributed by atoms with van der Waals surface area (Å²) in [6, 6.07) is 18.8. The van der Waals surface area contributed by atoms with E-state index in [2.05, 4.69) is 19.9 Å². The molecule has 0 aliphatic heterocycles. The number of aromatic nitrogens is 4. The van der Waals surface area contributed by atoms with Gasteiger partial charge >= 0.3 is 5.91 Å². The van der Waals surface area contributed by atoms with E-state index in [0.717, 1.165) is 19.3 Å². The lowest BCUT2D eigenvalue weighted by molar-refractivity contribution is 0.0969. The minimum absolute atomic E-state index is 0.107. The second kappa shape index (κ2) is 11.1. The van der Waals surface area contributed by atoms with Crippen LogP contribution in [0.4, 0.5) is 0 Å². The average molecular weight is 550 g/mol. The maximum Gasteiger partial charge on any atom is 0.303 e. The topological polar surface area (TPSA) is 135 Å². The lowest BCUT2D eigenvalue weighted by atomic mass is 9.96. The standard InChI is InChI=1S/C27H27N5O6S/c1-36-21-14-8-15-22(37-2)24(21)32-25(20-13-7-16-23(28-20)38-19-11-6-12-19)29-30-26(32)27(33)31-39(34,35)17-18-9-4-3-5-10-18/h3-5,7-10,13-16,19H,6,11-12,17H2,1-2H3,(H,31,33). The average Bonchev–Trinajstić information content (AvgIpc) is 3.35. The van der Waals surface area contributed by atoms with Crippen LogP contribution in [0.2, 0.25) is 0 Å². The number of pyridine rings is 1. The van der Waals surface area contributed by atoms with Gasteiger partial charge in [-0.3, -0.25) is 9.36 Å². The lowest BCUT2D eigenvalue weighted by Gasteiger charge is -2.25. The van der Waals surface area contributed by atoms with E-state index in [1.807, 2.05) is 0 Å². The van der Waals surface area contributed by atoms with E-state index in [1.165, 1.54) is 18.8 Å². The van der Waals surface area contributed by atoms with Gasteiger partial charge in [-0.05, 0) is 43.0 Å². The van der Waals surface area contributed by atoms with E-state index >= 15 is 0 Å². The Kier molecular flexibility index (Phi) is 7.46. The number of sulfonamides is 1. The van der Waals surface area contributed by atoms with Gasteiger partial charge in [0.1, 0.15) is 29.0 Å². The quantitative estimate of drug-likeness (QED) is 0.315. The monoisotopic (exact) mass is 549 g/mol. The Labute approximate surface area is 225 Å². The molecule has 39 heavy (non-hydrogen) atoms. The van der Waals surface area contributed by atoms with Crippen LogP contribution >= 0.6 is 0 Å². The lowest BCUT2D eigenvalue weighted by Crippen LogP contribution is -2.33. The van der Waals surface area contributed by atoms with Gasteiger partial charge in [-0.15, -0.1) is 10.2 Å².